The molecule has 3 aromatic rings. The van der Waals surface area contributed by atoms with Gasteiger partial charge in [-0.25, -0.2) is 4.39 Å². The summed E-state index contributed by atoms with van der Waals surface area (Å²) in [7, 11) is 0. The minimum atomic E-state index is -0.421. The van der Waals surface area contributed by atoms with E-state index in [1.54, 1.807) is 30.3 Å². The van der Waals surface area contributed by atoms with Crippen LogP contribution in [0.4, 0.5) is 10.1 Å². The molecule has 0 fully saturated rings. The molecule has 0 spiro atoms. The highest BCUT2D eigenvalue weighted by atomic mass is 19.1. The molecule has 4 rings (SSSR count). The Hall–Kier alpha value is -3.47. The molecular weight excluding hydrogens is 353 g/mol. The second kappa shape index (κ2) is 7.27. The van der Waals surface area contributed by atoms with Crippen LogP contribution in [0.1, 0.15) is 32.6 Å². The van der Waals surface area contributed by atoms with Gasteiger partial charge in [-0.05, 0) is 54.3 Å². The van der Waals surface area contributed by atoms with Crippen molar-refractivity contribution in [3.05, 3.63) is 100 Å². The number of carbonyl (C=O) groups excluding carboxylic acids is 1. The van der Waals surface area contributed by atoms with Gasteiger partial charge in [0.15, 0.2) is 0 Å². The van der Waals surface area contributed by atoms with Crippen LogP contribution < -0.4 is 11.1 Å². The third-order valence-corrected chi connectivity index (χ3v) is 5.08. The number of hydrogen-bond donors (Lipinski definition) is 3. The van der Waals surface area contributed by atoms with Crippen molar-refractivity contribution >= 4 is 17.3 Å². The molecule has 4 nitrogen and oxygen atoms in total. The highest BCUT2D eigenvalue weighted by Gasteiger charge is 2.23. The smallest absolute Gasteiger partial charge is 0.251 e. The maximum atomic E-state index is 13.5. The van der Waals surface area contributed by atoms with Gasteiger partial charge in [0.25, 0.3) is 5.91 Å². The molecule has 1 amide bonds. The maximum Gasteiger partial charge on any atom is 0.251 e. The summed E-state index contributed by atoms with van der Waals surface area (Å²) in [5.41, 5.74) is 10.3. The van der Waals surface area contributed by atoms with Crippen molar-refractivity contribution in [2.24, 2.45) is 0 Å². The molecule has 0 heterocycles. The number of nitrogens with two attached hydrogens (primary N) is 1. The van der Waals surface area contributed by atoms with Gasteiger partial charge in [-0.1, -0.05) is 36.4 Å². The van der Waals surface area contributed by atoms with Crippen LogP contribution in [0.25, 0.3) is 0 Å². The molecule has 140 valence electrons. The largest absolute Gasteiger partial charge is 0.398 e. The average Bonchev–Trinajstić information content (AvgIpc) is 3.10. The number of amides is 1. The number of rotatable bonds is 4. The van der Waals surface area contributed by atoms with E-state index in [-0.39, 0.29) is 17.7 Å². The average molecular weight is 373 g/mol. The van der Waals surface area contributed by atoms with E-state index in [9.17, 15) is 9.18 Å². The monoisotopic (exact) mass is 373 g/mol. The van der Waals surface area contributed by atoms with Crippen LogP contribution in [0.3, 0.4) is 0 Å². The lowest BCUT2D eigenvalue weighted by Crippen LogP contribution is -2.35. The van der Waals surface area contributed by atoms with Crippen molar-refractivity contribution in [1.29, 1.82) is 5.41 Å². The quantitative estimate of drug-likeness (QED) is 0.481. The van der Waals surface area contributed by atoms with Gasteiger partial charge in [0.2, 0.25) is 0 Å². The first-order valence-corrected chi connectivity index (χ1v) is 9.13. The number of nitrogen functional groups attached to an aromatic ring is 1. The van der Waals surface area contributed by atoms with Crippen molar-refractivity contribution in [2.45, 2.75) is 18.9 Å². The van der Waals surface area contributed by atoms with Gasteiger partial charge in [0.1, 0.15) is 5.82 Å². The van der Waals surface area contributed by atoms with E-state index < -0.39 is 5.82 Å². The number of hydrogen-bond acceptors (Lipinski definition) is 3. The third kappa shape index (κ3) is 3.51. The molecule has 4 N–H and O–H groups in total. The van der Waals surface area contributed by atoms with Crippen LogP contribution in [0, 0.1) is 11.2 Å². The molecule has 0 aliphatic heterocycles. The van der Waals surface area contributed by atoms with Crippen LogP contribution in [0.5, 0.6) is 0 Å². The predicted molar refractivity (Wildman–Crippen MR) is 108 cm³/mol. The third-order valence-electron chi connectivity index (χ3n) is 5.08. The van der Waals surface area contributed by atoms with Gasteiger partial charge in [-0.2, -0.15) is 0 Å². The Morgan fingerprint density at radius 3 is 2.36 bits per heavy atom. The maximum absolute atomic E-state index is 13.5. The Kier molecular flexibility index (Phi) is 4.65. The van der Waals surface area contributed by atoms with Crippen molar-refractivity contribution in [1.82, 2.24) is 5.32 Å². The molecular formula is C23H20FN3O. The number of halogens is 1. The summed E-state index contributed by atoms with van der Waals surface area (Å²) in [5, 5.41) is 11.4. The first kappa shape index (κ1) is 17.9. The Morgan fingerprint density at radius 2 is 1.68 bits per heavy atom. The van der Waals surface area contributed by atoms with Gasteiger partial charge >= 0.3 is 0 Å². The van der Waals surface area contributed by atoms with E-state index in [1.807, 2.05) is 12.1 Å². The molecule has 28 heavy (non-hydrogen) atoms. The zero-order valence-electron chi connectivity index (χ0n) is 15.2. The van der Waals surface area contributed by atoms with E-state index in [2.05, 4.69) is 17.4 Å². The van der Waals surface area contributed by atoms with Crippen molar-refractivity contribution < 1.29 is 9.18 Å². The summed E-state index contributed by atoms with van der Waals surface area (Å²) in [6.07, 6.45) is 1.62. The van der Waals surface area contributed by atoms with E-state index in [1.165, 1.54) is 23.3 Å². The molecule has 1 aliphatic carbocycles. The highest BCUT2D eigenvalue weighted by molar-refractivity contribution is 6.14. The predicted octanol–water partition coefficient (Wildman–Crippen LogP) is 3.72. The van der Waals surface area contributed by atoms with Crippen LogP contribution in [0.2, 0.25) is 0 Å². The van der Waals surface area contributed by atoms with Crippen LogP contribution in [-0.4, -0.2) is 17.7 Å². The van der Waals surface area contributed by atoms with Gasteiger partial charge in [-0.15, -0.1) is 0 Å². The summed E-state index contributed by atoms with van der Waals surface area (Å²) >= 11 is 0. The van der Waals surface area contributed by atoms with Gasteiger partial charge in [0, 0.05) is 28.4 Å². The van der Waals surface area contributed by atoms with E-state index in [0.29, 0.717) is 22.4 Å². The molecule has 0 saturated heterocycles. The molecule has 0 bridgehead atoms. The number of anilines is 1. The zero-order chi connectivity index (χ0) is 19.7. The summed E-state index contributed by atoms with van der Waals surface area (Å²) in [5.74, 6) is -0.624. The summed E-state index contributed by atoms with van der Waals surface area (Å²) in [6.45, 7) is 0. The Balaban J connectivity index is 1.54. The summed E-state index contributed by atoms with van der Waals surface area (Å²) in [6, 6.07) is 18.9. The van der Waals surface area contributed by atoms with Crippen molar-refractivity contribution in [2.75, 3.05) is 5.73 Å². The van der Waals surface area contributed by atoms with Crippen molar-refractivity contribution in [3.63, 3.8) is 0 Å². The minimum absolute atomic E-state index is 0.0496. The molecule has 0 atom stereocenters. The SMILES string of the molecule is N=C(c1cccc(F)c1)c1cc(C(=O)NC2Cc3ccccc3C2)ccc1N. The fraction of sp³-hybridized carbons (Fsp3) is 0.130. The molecule has 0 radical (unpaired) electrons. The first-order valence-electron chi connectivity index (χ1n) is 9.13. The highest BCUT2D eigenvalue weighted by Crippen LogP contribution is 2.23. The Morgan fingerprint density at radius 1 is 0.964 bits per heavy atom. The normalized spacial score (nSPS) is 13.2. The van der Waals surface area contributed by atoms with Crippen LogP contribution in [0.15, 0.2) is 66.7 Å². The molecule has 0 saturated carbocycles. The zero-order valence-corrected chi connectivity index (χ0v) is 15.2. The lowest BCUT2D eigenvalue weighted by atomic mass is 9.98. The summed E-state index contributed by atoms with van der Waals surface area (Å²) in [4.78, 5) is 12.7. The lowest BCUT2D eigenvalue weighted by Gasteiger charge is -2.14. The molecule has 0 unspecified atom stereocenters. The van der Waals surface area contributed by atoms with Gasteiger partial charge < -0.3 is 11.1 Å². The first-order chi connectivity index (χ1) is 13.5. The van der Waals surface area contributed by atoms with E-state index in [0.717, 1.165) is 12.8 Å². The van der Waals surface area contributed by atoms with Gasteiger partial charge in [-0.3, -0.25) is 10.2 Å². The number of benzene rings is 3. The fourth-order valence-corrected chi connectivity index (χ4v) is 3.64. The molecule has 3 aromatic carbocycles. The lowest BCUT2D eigenvalue weighted by molar-refractivity contribution is 0.0938. The van der Waals surface area contributed by atoms with E-state index in [4.69, 9.17) is 11.1 Å². The number of carbonyl (C=O) groups is 1. The van der Waals surface area contributed by atoms with E-state index >= 15 is 0 Å². The number of fused-ring (bicyclic) bond motifs is 1. The van der Waals surface area contributed by atoms with Gasteiger partial charge in [0.05, 0.1) is 5.71 Å². The Labute approximate surface area is 162 Å². The van der Waals surface area contributed by atoms with Crippen LogP contribution in [-0.2, 0) is 12.8 Å². The number of nitrogens with one attached hydrogen (secondary N) is 2. The standard InChI is InChI=1S/C23H20FN3O/c24-18-7-3-6-16(10-18)22(26)20-13-17(8-9-21(20)25)23(28)27-19-11-14-4-1-2-5-15(14)12-19/h1-10,13,19,26H,11-12,25H2,(H,27,28). The topological polar surface area (TPSA) is 79.0 Å². The second-order valence-electron chi connectivity index (χ2n) is 7.03. The minimum Gasteiger partial charge on any atom is -0.398 e. The second-order valence-corrected chi connectivity index (χ2v) is 7.03. The van der Waals surface area contributed by atoms with Crippen LogP contribution >= 0.6 is 0 Å². The Bertz CT molecular complexity index is 1050. The summed E-state index contributed by atoms with van der Waals surface area (Å²) < 4.78 is 13.5. The molecule has 1 aliphatic rings. The van der Waals surface area contributed by atoms with Crippen molar-refractivity contribution in [3.8, 4) is 0 Å². The molecule has 0 aromatic heterocycles. The molecule has 5 heteroatoms. The fourth-order valence-electron chi connectivity index (χ4n) is 3.64.